The van der Waals surface area contributed by atoms with Gasteiger partial charge in [0.1, 0.15) is 19.6 Å². The number of quaternary nitrogens is 2. The van der Waals surface area contributed by atoms with E-state index < -0.39 is 0 Å². The van der Waals surface area contributed by atoms with Crippen LogP contribution in [0.5, 0.6) is 0 Å². The van der Waals surface area contributed by atoms with E-state index in [4.69, 9.17) is 4.74 Å². The van der Waals surface area contributed by atoms with Gasteiger partial charge in [0, 0.05) is 5.92 Å². The number of hydrogen-bond donors (Lipinski definition) is 2. The summed E-state index contributed by atoms with van der Waals surface area (Å²) in [5.41, 5.74) is 3.88. The Morgan fingerprint density at radius 1 is 1.58 bits per heavy atom. The third-order valence-corrected chi connectivity index (χ3v) is 2.34. The van der Waals surface area contributed by atoms with Crippen LogP contribution < -0.4 is 10.6 Å². The van der Waals surface area contributed by atoms with Crippen molar-refractivity contribution < 1.29 is 15.4 Å². The lowest BCUT2D eigenvalue weighted by atomic mass is 10.2. The van der Waals surface area contributed by atoms with Crippen molar-refractivity contribution in [1.29, 1.82) is 0 Å². The molecule has 1 saturated heterocycles. The number of hydrogen-bond acceptors (Lipinski definition) is 1. The highest BCUT2D eigenvalue weighted by Gasteiger charge is 2.23. The normalized spacial score (nSPS) is 31.0. The zero-order chi connectivity index (χ0) is 8.97. The largest absolute Gasteiger partial charge is 0.361 e. The van der Waals surface area contributed by atoms with Gasteiger partial charge in [-0.25, -0.2) is 0 Å². The number of rotatable bonds is 3. The third kappa shape index (κ3) is 3.09. The number of ether oxygens (including phenoxy) is 1. The minimum Gasteiger partial charge on any atom is -0.361 e. The molecule has 0 aromatic rings. The van der Waals surface area contributed by atoms with Crippen molar-refractivity contribution >= 4 is 0 Å². The van der Waals surface area contributed by atoms with Crippen LogP contribution in [0.3, 0.4) is 0 Å². The van der Waals surface area contributed by atoms with Gasteiger partial charge in [0.25, 0.3) is 0 Å². The van der Waals surface area contributed by atoms with Gasteiger partial charge in [-0.15, -0.1) is 0 Å². The Morgan fingerprint density at radius 3 is 2.92 bits per heavy atom. The maximum atomic E-state index is 5.56. The molecule has 0 saturated carbocycles. The van der Waals surface area contributed by atoms with Crippen LogP contribution in [-0.4, -0.2) is 38.9 Å². The average Bonchev–Trinajstić information content (AvgIpc) is 2.03. The van der Waals surface area contributed by atoms with Crippen LogP contribution in [0.4, 0.5) is 0 Å². The summed E-state index contributed by atoms with van der Waals surface area (Å²) in [6.45, 7) is 10.0. The second kappa shape index (κ2) is 4.80. The van der Waals surface area contributed by atoms with Crippen LogP contribution in [0.1, 0.15) is 13.8 Å². The number of nitrogens with one attached hydrogen (secondary N) is 1. The summed E-state index contributed by atoms with van der Waals surface area (Å²) in [5, 5.41) is 0. The van der Waals surface area contributed by atoms with Crippen LogP contribution >= 0.6 is 0 Å². The fourth-order valence-electron chi connectivity index (χ4n) is 1.80. The van der Waals surface area contributed by atoms with E-state index in [-0.39, 0.29) is 0 Å². The Balaban J connectivity index is 2.25. The SMILES string of the molecule is CC(C)C[NH+]1CCO[C@H](C[NH3+])C1. The Hall–Kier alpha value is -0.120. The molecule has 0 bridgehead atoms. The Labute approximate surface area is 74.9 Å². The van der Waals surface area contributed by atoms with Gasteiger partial charge in [0.15, 0.2) is 6.10 Å². The van der Waals surface area contributed by atoms with Crippen molar-refractivity contribution in [2.75, 3.05) is 32.8 Å². The molecule has 4 N–H and O–H groups in total. The predicted octanol–water partition coefficient (Wildman–Crippen LogP) is -1.83. The molecular weight excluding hydrogens is 152 g/mol. The molecular formula is C9H22N2O+2. The minimum atomic E-state index is 0.410. The summed E-state index contributed by atoms with van der Waals surface area (Å²) >= 11 is 0. The van der Waals surface area contributed by atoms with E-state index in [1.165, 1.54) is 13.1 Å². The first kappa shape index (κ1) is 9.96. The molecule has 1 aliphatic rings. The van der Waals surface area contributed by atoms with E-state index in [9.17, 15) is 0 Å². The van der Waals surface area contributed by atoms with Crippen molar-refractivity contribution in [3.63, 3.8) is 0 Å². The molecule has 1 rings (SSSR count). The summed E-state index contributed by atoms with van der Waals surface area (Å²) in [5.74, 6) is 0.795. The zero-order valence-electron chi connectivity index (χ0n) is 8.31. The van der Waals surface area contributed by atoms with Gasteiger partial charge in [-0.05, 0) is 0 Å². The maximum absolute atomic E-state index is 5.56. The van der Waals surface area contributed by atoms with Gasteiger partial charge in [0.05, 0.1) is 13.2 Å². The quantitative estimate of drug-likeness (QED) is 0.519. The summed E-state index contributed by atoms with van der Waals surface area (Å²) in [6.07, 6.45) is 0.410. The van der Waals surface area contributed by atoms with Gasteiger partial charge in [-0.1, -0.05) is 13.8 Å². The first-order valence-corrected chi connectivity index (χ1v) is 4.96. The molecule has 3 heteroatoms. The van der Waals surface area contributed by atoms with E-state index in [0.717, 1.165) is 25.6 Å². The van der Waals surface area contributed by atoms with Crippen LogP contribution in [0.15, 0.2) is 0 Å². The topological polar surface area (TPSA) is 41.3 Å². The lowest BCUT2D eigenvalue weighted by molar-refractivity contribution is -0.915. The first-order valence-electron chi connectivity index (χ1n) is 4.96. The van der Waals surface area contributed by atoms with Gasteiger partial charge in [-0.2, -0.15) is 0 Å². The summed E-state index contributed by atoms with van der Waals surface area (Å²) in [6, 6.07) is 0. The molecule has 1 aliphatic heterocycles. The van der Waals surface area contributed by atoms with E-state index in [2.05, 4.69) is 19.6 Å². The monoisotopic (exact) mass is 174 g/mol. The average molecular weight is 174 g/mol. The van der Waals surface area contributed by atoms with Crippen LogP contribution in [0.2, 0.25) is 0 Å². The van der Waals surface area contributed by atoms with Crippen molar-refractivity contribution in [2.45, 2.75) is 20.0 Å². The Morgan fingerprint density at radius 2 is 2.33 bits per heavy atom. The van der Waals surface area contributed by atoms with E-state index >= 15 is 0 Å². The Kier molecular flexibility index (Phi) is 3.98. The molecule has 2 atom stereocenters. The molecule has 12 heavy (non-hydrogen) atoms. The molecule has 0 amide bonds. The molecule has 72 valence electrons. The van der Waals surface area contributed by atoms with Crippen molar-refractivity contribution in [1.82, 2.24) is 0 Å². The summed E-state index contributed by atoms with van der Waals surface area (Å²) in [7, 11) is 0. The Bertz CT molecular complexity index is 128. The summed E-state index contributed by atoms with van der Waals surface area (Å²) < 4.78 is 5.56. The molecule has 0 aromatic carbocycles. The highest BCUT2D eigenvalue weighted by molar-refractivity contribution is 4.56. The molecule has 0 spiro atoms. The zero-order valence-corrected chi connectivity index (χ0v) is 8.31. The van der Waals surface area contributed by atoms with Crippen molar-refractivity contribution in [3.05, 3.63) is 0 Å². The van der Waals surface area contributed by atoms with Gasteiger partial charge >= 0.3 is 0 Å². The standard InChI is InChI=1S/C9H20N2O/c1-8(2)6-11-3-4-12-9(5-10)7-11/h8-9H,3-7,10H2,1-2H3/p+2/t9-/m1/s1. The van der Waals surface area contributed by atoms with Crippen LogP contribution in [0.25, 0.3) is 0 Å². The van der Waals surface area contributed by atoms with Crippen LogP contribution in [-0.2, 0) is 4.74 Å². The third-order valence-electron chi connectivity index (χ3n) is 2.34. The molecule has 1 unspecified atom stereocenters. The second-order valence-electron chi connectivity index (χ2n) is 4.08. The van der Waals surface area contributed by atoms with Crippen molar-refractivity contribution in [2.24, 2.45) is 5.92 Å². The molecule has 1 heterocycles. The molecule has 0 aromatic heterocycles. The lowest BCUT2D eigenvalue weighted by Gasteiger charge is -2.29. The molecule has 0 aliphatic carbocycles. The van der Waals surface area contributed by atoms with Crippen molar-refractivity contribution in [3.8, 4) is 0 Å². The van der Waals surface area contributed by atoms with E-state index in [1.54, 1.807) is 4.90 Å². The molecule has 1 fully saturated rings. The first-order chi connectivity index (χ1) is 5.72. The number of morpholine rings is 1. The molecule has 0 radical (unpaired) electrons. The van der Waals surface area contributed by atoms with Crippen LogP contribution in [0, 0.1) is 5.92 Å². The van der Waals surface area contributed by atoms with Gasteiger partial charge in [-0.3, -0.25) is 0 Å². The predicted molar refractivity (Wildman–Crippen MR) is 47.9 cm³/mol. The highest BCUT2D eigenvalue weighted by Crippen LogP contribution is 1.90. The summed E-state index contributed by atoms with van der Waals surface area (Å²) in [4.78, 5) is 1.69. The highest BCUT2D eigenvalue weighted by atomic mass is 16.5. The minimum absolute atomic E-state index is 0.410. The van der Waals surface area contributed by atoms with Gasteiger partial charge in [0.2, 0.25) is 0 Å². The smallest absolute Gasteiger partial charge is 0.155 e. The maximum Gasteiger partial charge on any atom is 0.155 e. The second-order valence-corrected chi connectivity index (χ2v) is 4.08. The fourth-order valence-corrected chi connectivity index (χ4v) is 1.80. The molecule has 3 nitrogen and oxygen atoms in total. The fraction of sp³-hybridized carbons (Fsp3) is 1.00. The van der Waals surface area contributed by atoms with E-state index in [1.807, 2.05) is 0 Å². The van der Waals surface area contributed by atoms with Gasteiger partial charge < -0.3 is 15.4 Å². The lowest BCUT2D eigenvalue weighted by Crippen LogP contribution is -3.15. The van der Waals surface area contributed by atoms with E-state index in [0.29, 0.717) is 6.10 Å².